The van der Waals surface area contributed by atoms with Crippen LogP contribution in [0.3, 0.4) is 0 Å². The van der Waals surface area contributed by atoms with Gasteiger partial charge in [-0.2, -0.15) is 0 Å². The Labute approximate surface area is 382 Å². The van der Waals surface area contributed by atoms with Gasteiger partial charge in [-0.3, -0.25) is 13.9 Å². The molecule has 0 saturated heterocycles. The number of rotatable bonds is 10. The predicted molar refractivity (Wildman–Crippen MR) is 250 cm³/mol. The van der Waals surface area contributed by atoms with Gasteiger partial charge in [0.1, 0.15) is 35.5 Å². The van der Waals surface area contributed by atoms with Crippen LogP contribution < -0.4 is 5.32 Å². The highest BCUT2D eigenvalue weighted by Gasteiger charge is 2.41. The fourth-order valence-electron chi connectivity index (χ4n) is 8.15. The van der Waals surface area contributed by atoms with Crippen molar-refractivity contribution in [3.63, 3.8) is 0 Å². The average molecular weight is 925 g/mol. The lowest BCUT2D eigenvalue weighted by atomic mass is 9.77. The number of amides is 1. The Morgan fingerprint density at radius 1 is 0.754 bits per heavy atom. The monoisotopic (exact) mass is 923 g/mol. The third-order valence-corrected chi connectivity index (χ3v) is 12.0. The number of carbonyl (C=O) groups excluding carboxylic acids is 2. The van der Waals surface area contributed by atoms with Crippen LogP contribution in [0.4, 0.5) is 4.79 Å². The predicted octanol–water partition coefficient (Wildman–Crippen LogP) is 9.43. The highest BCUT2D eigenvalue weighted by molar-refractivity contribution is 9.10. The molecule has 0 atom stereocenters. The molecule has 14 nitrogen and oxygen atoms in total. The highest BCUT2D eigenvalue weighted by Crippen LogP contribution is 2.43. The zero-order valence-corrected chi connectivity index (χ0v) is 37.2. The molecule has 5 aromatic carbocycles. The summed E-state index contributed by atoms with van der Waals surface area (Å²) in [5, 5.41) is 18.3. The van der Waals surface area contributed by atoms with E-state index in [1.807, 2.05) is 109 Å². The minimum atomic E-state index is -0.899. The molecule has 5 heterocycles. The van der Waals surface area contributed by atoms with E-state index in [4.69, 9.17) is 19.8 Å². The number of halogens is 1. The summed E-state index contributed by atoms with van der Waals surface area (Å²) in [5.41, 5.74) is 6.73. The zero-order chi connectivity index (χ0) is 44.9. The quantitative estimate of drug-likeness (QED) is 0.132. The first-order valence-electron chi connectivity index (χ1n) is 20.9. The Bertz CT molecular complexity index is 3080. The van der Waals surface area contributed by atoms with Crippen molar-refractivity contribution in [2.24, 2.45) is 0 Å². The number of fused-ring (bicyclic) bond motifs is 1. The summed E-state index contributed by atoms with van der Waals surface area (Å²) >= 11 is 3.89. The van der Waals surface area contributed by atoms with E-state index in [1.54, 1.807) is 36.6 Å². The number of hydrogen-bond acceptors (Lipinski definition) is 9. The lowest BCUT2D eigenvalue weighted by Crippen LogP contribution is -2.39. The van der Waals surface area contributed by atoms with Gasteiger partial charge in [0.05, 0.1) is 10.2 Å². The van der Waals surface area contributed by atoms with Crippen LogP contribution in [0.1, 0.15) is 51.2 Å². The third kappa shape index (κ3) is 7.97. The normalized spacial score (nSPS) is 11.3. The van der Waals surface area contributed by atoms with E-state index in [9.17, 15) is 9.59 Å². The van der Waals surface area contributed by atoms with Gasteiger partial charge in [-0.1, -0.05) is 128 Å². The van der Waals surface area contributed by atoms with Crippen LogP contribution in [-0.4, -0.2) is 67.8 Å². The molecule has 0 aliphatic heterocycles. The second-order valence-corrected chi connectivity index (χ2v) is 15.8. The van der Waals surface area contributed by atoms with E-state index in [0.717, 1.165) is 54.6 Å². The van der Waals surface area contributed by atoms with Gasteiger partial charge < -0.3 is 14.3 Å². The summed E-state index contributed by atoms with van der Waals surface area (Å²) < 4.78 is 12.1. The number of furan rings is 1. The van der Waals surface area contributed by atoms with Crippen molar-refractivity contribution in [1.82, 2.24) is 54.2 Å². The van der Waals surface area contributed by atoms with Crippen LogP contribution in [0.5, 0.6) is 0 Å². The molecule has 1 amide bonds. The van der Waals surface area contributed by atoms with E-state index in [1.165, 1.54) is 21.8 Å². The first-order chi connectivity index (χ1) is 31.8. The molecular weight excluding hydrogens is 883 g/mol. The van der Waals surface area contributed by atoms with Gasteiger partial charge in [0.2, 0.25) is 5.82 Å². The molecule has 15 heteroatoms. The van der Waals surface area contributed by atoms with Crippen molar-refractivity contribution in [3.05, 3.63) is 215 Å². The Kier molecular flexibility index (Phi) is 11.9. The summed E-state index contributed by atoms with van der Waals surface area (Å²) in [6.45, 7) is 4.41. The Balaban J connectivity index is 0.000000383. The third-order valence-electron chi connectivity index (χ3n) is 11.2. The van der Waals surface area contributed by atoms with Gasteiger partial charge in [0.15, 0.2) is 5.54 Å². The molecule has 0 spiro atoms. The molecule has 10 rings (SSSR count). The molecule has 1 N–H and O–H groups in total. The lowest BCUT2D eigenvalue weighted by molar-refractivity contribution is 0.0953. The number of aryl methyl sites for hydroxylation is 2. The van der Waals surface area contributed by atoms with Gasteiger partial charge in [0.25, 0.3) is 5.91 Å². The van der Waals surface area contributed by atoms with Crippen LogP contribution in [0.15, 0.2) is 180 Å². The maximum Gasteiger partial charge on any atom is 0.338 e. The molecule has 0 aliphatic rings. The number of carbonyl (C=O) groups is 2. The summed E-state index contributed by atoms with van der Waals surface area (Å²) in [7, 11) is 1.64. The molecular formula is C50H42BrN11O3. The second kappa shape index (κ2) is 18.4. The fraction of sp³-hybridized carbons (Fsp3) is 0.120. The smallest absolute Gasteiger partial charge is 0.338 e. The average Bonchev–Trinajstić information content (AvgIpc) is 4.23. The number of aromatic nitrogens is 10. The summed E-state index contributed by atoms with van der Waals surface area (Å²) in [6, 6.07) is 44.7. The van der Waals surface area contributed by atoms with Crippen LogP contribution >= 0.6 is 15.9 Å². The summed E-state index contributed by atoms with van der Waals surface area (Å²) in [6.07, 6.45) is 9.87. The summed E-state index contributed by atoms with van der Waals surface area (Å²) in [5.74, 6) is 1.82. The van der Waals surface area contributed by atoms with Crippen LogP contribution in [0.2, 0.25) is 0 Å². The fourth-order valence-corrected chi connectivity index (χ4v) is 8.75. The Hall–Kier alpha value is -8.04. The number of imidazole rings is 3. The van der Waals surface area contributed by atoms with Crippen LogP contribution in [0, 0.1) is 6.92 Å². The van der Waals surface area contributed by atoms with Crippen molar-refractivity contribution >= 4 is 38.8 Å². The largest absolute Gasteiger partial charge is 0.455 e. The van der Waals surface area contributed by atoms with Gasteiger partial charge in [-0.05, 0) is 62.5 Å². The SMILES string of the molecule is CCc1nc(C)c(C(=O)NC)n1Cc1ccc2oc(-c3ccccc3-c3nnn(C(c4ccccc4)(c4ccccc4)c4ccccc4)n3)c(Br)c2c1.O=C(n1ccnc1)n1ccnc1. The first-order valence-corrected chi connectivity index (χ1v) is 21.7. The molecule has 5 aromatic heterocycles. The van der Waals surface area contributed by atoms with E-state index in [-0.39, 0.29) is 11.9 Å². The molecule has 0 unspecified atom stereocenters. The number of tetrazole rings is 1. The molecule has 65 heavy (non-hydrogen) atoms. The van der Waals surface area contributed by atoms with Crippen LogP contribution in [0.25, 0.3) is 33.7 Å². The van der Waals surface area contributed by atoms with Gasteiger partial charge in [-0.15, -0.1) is 15.0 Å². The van der Waals surface area contributed by atoms with Crippen molar-refractivity contribution < 1.29 is 14.0 Å². The summed E-state index contributed by atoms with van der Waals surface area (Å²) in [4.78, 5) is 38.2. The van der Waals surface area contributed by atoms with Crippen molar-refractivity contribution in [3.8, 4) is 22.7 Å². The van der Waals surface area contributed by atoms with Crippen LogP contribution in [-0.2, 0) is 18.5 Å². The Morgan fingerprint density at radius 3 is 1.86 bits per heavy atom. The standard InChI is InChI=1S/C43H36BrN7O2.C7H6N4O/c1-4-37-46-28(2)39(42(52)45-3)50(37)27-29-24-25-36-35(26-29)38(44)40(53-36)33-22-14-15-23-34(33)41-47-49-51(48-41)43(30-16-8-5-9-17-30,31-18-10-6-11-19-31)32-20-12-7-13-21-32;12-7(10-3-1-8-5-10)11-4-2-9-6-11/h5-26H,4,27H2,1-3H3,(H,45,52);1-6H. The zero-order valence-electron chi connectivity index (χ0n) is 35.7. The van der Waals surface area contributed by atoms with Gasteiger partial charge in [0, 0.05) is 61.3 Å². The topological polar surface area (TPSA) is 156 Å². The molecule has 0 saturated carbocycles. The molecule has 0 aliphatic carbocycles. The van der Waals surface area contributed by atoms with Gasteiger partial charge in [-0.25, -0.2) is 19.7 Å². The van der Waals surface area contributed by atoms with Gasteiger partial charge >= 0.3 is 6.03 Å². The van der Waals surface area contributed by atoms with E-state index in [0.29, 0.717) is 35.9 Å². The lowest BCUT2D eigenvalue weighted by Gasteiger charge is -2.34. The molecule has 0 bridgehead atoms. The minimum Gasteiger partial charge on any atom is -0.455 e. The van der Waals surface area contributed by atoms with E-state index >= 15 is 0 Å². The minimum absolute atomic E-state index is 0.154. The van der Waals surface area contributed by atoms with E-state index in [2.05, 4.69) is 78.7 Å². The maximum atomic E-state index is 12.8. The molecule has 0 fully saturated rings. The second-order valence-electron chi connectivity index (χ2n) is 15.0. The molecule has 10 aromatic rings. The molecule has 322 valence electrons. The first kappa shape index (κ1) is 42.3. The highest BCUT2D eigenvalue weighted by atomic mass is 79.9. The Morgan fingerprint density at radius 2 is 1.32 bits per heavy atom. The van der Waals surface area contributed by atoms with Crippen molar-refractivity contribution in [2.75, 3.05) is 7.05 Å². The molecule has 0 radical (unpaired) electrons. The van der Waals surface area contributed by atoms with Crippen molar-refractivity contribution in [2.45, 2.75) is 32.4 Å². The number of benzene rings is 5. The van der Waals surface area contributed by atoms with E-state index < -0.39 is 5.54 Å². The number of nitrogens with zero attached hydrogens (tertiary/aromatic N) is 10. The number of nitrogens with one attached hydrogen (secondary N) is 1. The maximum absolute atomic E-state index is 12.8. The number of hydrogen-bond donors (Lipinski definition) is 1. The van der Waals surface area contributed by atoms with Crippen molar-refractivity contribution in [1.29, 1.82) is 0 Å².